The molecule has 4 nitrogen and oxygen atoms in total. The molecule has 0 bridgehead atoms. The molecule has 9 heteroatoms. The number of rotatable bonds is 2. The van der Waals surface area contributed by atoms with Crippen LogP contribution >= 0.6 is 31.9 Å². The van der Waals surface area contributed by atoms with Gasteiger partial charge in [0, 0.05) is 0 Å². The van der Waals surface area contributed by atoms with Crippen LogP contribution in [-0.4, -0.2) is 43.8 Å². The molecule has 1 aromatic heterocycles. The molecule has 0 aliphatic rings. The molecule has 0 aliphatic carbocycles. The maximum absolute atomic E-state index is 11.8. The molecule has 1 heterocycles. The van der Waals surface area contributed by atoms with Gasteiger partial charge in [-0.15, -0.1) is 0 Å². The van der Waals surface area contributed by atoms with Gasteiger partial charge in [-0.25, -0.2) is 0 Å². The van der Waals surface area contributed by atoms with E-state index in [1.54, 1.807) is 12.5 Å². The number of fused-ring (bicyclic) bond motifs is 1. The molecule has 17 heavy (non-hydrogen) atoms. The van der Waals surface area contributed by atoms with Crippen molar-refractivity contribution in [3.8, 4) is 0 Å². The van der Waals surface area contributed by atoms with E-state index in [1.165, 1.54) is 0 Å². The SMILES string of the molecule is CS(=O)c1c(S(C)=O)c(Br)c2n[se]nc2c1Br. The summed E-state index contributed by atoms with van der Waals surface area (Å²) in [5.74, 6) is 0. The summed E-state index contributed by atoms with van der Waals surface area (Å²) >= 11 is 6.60. The van der Waals surface area contributed by atoms with E-state index in [1.807, 2.05) is 0 Å². The molecule has 0 radical (unpaired) electrons. The second-order valence-corrected chi connectivity index (χ2v) is 8.48. The monoisotopic (exact) mass is 464 g/mol. The Hall–Kier alpha value is 0.599. The van der Waals surface area contributed by atoms with E-state index in [-0.39, 0.29) is 15.0 Å². The van der Waals surface area contributed by atoms with Crippen molar-refractivity contribution in [3.63, 3.8) is 0 Å². The number of hydrogen-bond acceptors (Lipinski definition) is 4. The molecule has 92 valence electrons. The fourth-order valence-electron chi connectivity index (χ4n) is 1.40. The average Bonchev–Trinajstić information content (AvgIpc) is 2.70. The van der Waals surface area contributed by atoms with Crippen molar-refractivity contribution in [2.75, 3.05) is 12.5 Å². The van der Waals surface area contributed by atoms with Crippen molar-refractivity contribution in [3.05, 3.63) is 8.95 Å². The Morgan fingerprint density at radius 1 is 0.941 bits per heavy atom. The Balaban J connectivity index is 3.03. The molecule has 2 atom stereocenters. The summed E-state index contributed by atoms with van der Waals surface area (Å²) in [6.07, 6.45) is 3.12. The van der Waals surface area contributed by atoms with Gasteiger partial charge in [-0.05, 0) is 0 Å². The average molecular weight is 465 g/mol. The molecule has 1 aromatic carbocycles. The van der Waals surface area contributed by atoms with Crippen LogP contribution < -0.4 is 0 Å². The molecule has 2 aromatic rings. The van der Waals surface area contributed by atoms with Gasteiger partial charge in [-0.3, -0.25) is 0 Å². The zero-order valence-electron chi connectivity index (χ0n) is 8.69. The molecule has 0 spiro atoms. The van der Waals surface area contributed by atoms with Crippen LogP contribution in [0.1, 0.15) is 0 Å². The third kappa shape index (κ3) is 2.37. The molecule has 0 fully saturated rings. The van der Waals surface area contributed by atoms with E-state index in [0.29, 0.717) is 29.8 Å². The first kappa shape index (κ1) is 14.0. The molecule has 0 aliphatic heterocycles. The Bertz CT molecular complexity index is 605. The van der Waals surface area contributed by atoms with Crippen molar-refractivity contribution in [1.29, 1.82) is 0 Å². The van der Waals surface area contributed by atoms with Crippen LogP contribution in [0.4, 0.5) is 0 Å². The summed E-state index contributed by atoms with van der Waals surface area (Å²) in [4.78, 5) is 1.07. The van der Waals surface area contributed by atoms with E-state index >= 15 is 0 Å². The third-order valence-corrected chi connectivity index (χ3v) is 7.36. The van der Waals surface area contributed by atoms with Crippen molar-refractivity contribution in [2.24, 2.45) is 0 Å². The second kappa shape index (κ2) is 5.30. The molecule has 0 N–H and O–H groups in total. The topological polar surface area (TPSA) is 59.9 Å². The van der Waals surface area contributed by atoms with E-state index in [0.717, 1.165) is 0 Å². The summed E-state index contributed by atoms with van der Waals surface area (Å²) in [6, 6.07) is 0. The number of nitrogens with zero attached hydrogens (tertiary/aromatic N) is 2. The first-order valence-electron chi connectivity index (χ1n) is 4.25. The second-order valence-electron chi connectivity index (χ2n) is 3.16. The Kier molecular flexibility index (Phi) is 4.37. The van der Waals surface area contributed by atoms with Gasteiger partial charge in [-0.1, -0.05) is 0 Å². The van der Waals surface area contributed by atoms with Gasteiger partial charge in [0.05, 0.1) is 0 Å². The quantitative estimate of drug-likeness (QED) is 0.634. The Labute approximate surface area is 126 Å². The Morgan fingerprint density at radius 2 is 1.29 bits per heavy atom. The van der Waals surface area contributed by atoms with E-state index in [4.69, 9.17) is 0 Å². The number of hydrogen-bond donors (Lipinski definition) is 0. The minimum absolute atomic E-state index is 0.187. The third-order valence-electron chi connectivity index (χ3n) is 2.08. The molecule has 0 saturated carbocycles. The molecular formula is C8H6Br2N2O2S2Se. The Morgan fingerprint density at radius 3 is 1.59 bits per heavy atom. The molecule has 2 rings (SSSR count). The number of aromatic nitrogens is 2. The first-order valence-corrected chi connectivity index (χ1v) is 10.5. The summed E-state index contributed by atoms with van der Waals surface area (Å²) in [5.41, 5.74) is 1.41. The normalized spacial score (nSPS) is 15.1. The van der Waals surface area contributed by atoms with Crippen LogP contribution in [0.3, 0.4) is 0 Å². The minimum atomic E-state index is -1.24. The number of halogens is 2. The van der Waals surface area contributed by atoms with Gasteiger partial charge in [0.15, 0.2) is 0 Å². The van der Waals surface area contributed by atoms with Gasteiger partial charge in [0.1, 0.15) is 0 Å². The zero-order chi connectivity index (χ0) is 12.7. The molecular weight excluding hydrogens is 459 g/mol. The van der Waals surface area contributed by atoms with Crippen LogP contribution in [0.15, 0.2) is 18.7 Å². The fraction of sp³-hybridized carbons (Fsp3) is 0.250. The fourth-order valence-corrected chi connectivity index (χ4v) is 7.81. The van der Waals surface area contributed by atoms with Gasteiger partial charge < -0.3 is 0 Å². The summed E-state index contributed by atoms with van der Waals surface area (Å²) in [5, 5.41) is 0. The van der Waals surface area contributed by atoms with Gasteiger partial charge >= 0.3 is 127 Å². The summed E-state index contributed by atoms with van der Waals surface area (Å²) < 4.78 is 33.5. The van der Waals surface area contributed by atoms with Crippen LogP contribution in [0.5, 0.6) is 0 Å². The zero-order valence-corrected chi connectivity index (χ0v) is 15.2. The van der Waals surface area contributed by atoms with Crippen LogP contribution in [0, 0.1) is 0 Å². The van der Waals surface area contributed by atoms with Crippen molar-refractivity contribution >= 4 is 79.5 Å². The molecule has 2 unspecified atom stereocenters. The predicted octanol–water partition coefficient (Wildman–Crippen LogP) is 1.69. The van der Waals surface area contributed by atoms with Crippen LogP contribution in [0.2, 0.25) is 0 Å². The van der Waals surface area contributed by atoms with Gasteiger partial charge in [-0.2, -0.15) is 0 Å². The first-order chi connectivity index (χ1) is 7.95. The van der Waals surface area contributed by atoms with Crippen molar-refractivity contribution < 1.29 is 8.42 Å². The molecule has 0 amide bonds. The summed E-state index contributed by atoms with van der Waals surface area (Å²) in [6.45, 7) is 0. The van der Waals surface area contributed by atoms with E-state index < -0.39 is 21.6 Å². The maximum atomic E-state index is 11.8. The van der Waals surface area contributed by atoms with Gasteiger partial charge in [0.2, 0.25) is 0 Å². The van der Waals surface area contributed by atoms with Crippen LogP contribution in [-0.2, 0) is 21.6 Å². The van der Waals surface area contributed by atoms with Gasteiger partial charge in [0.25, 0.3) is 0 Å². The standard InChI is InChI=1S/C8H6Br2N2O2S2Se/c1-15(13)7-3(9)5-6(12-17-11-5)4(10)8(7)16(2)14/h1-2H3. The van der Waals surface area contributed by atoms with E-state index in [9.17, 15) is 8.42 Å². The summed E-state index contributed by atoms with van der Waals surface area (Å²) in [7, 11) is -2.48. The molecule has 0 saturated heterocycles. The van der Waals surface area contributed by atoms with E-state index in [2.05, 4.69) is 39.8 Å². The predicted molar refractivity (Wildman–Crippen MR) is 76.5 cm³/mol. The van der Waals surface area contributed by atoms with Crippen molar-refractivity contribution in [2.45, 2.75) is 9.79 Å². The van der Waals surface area contributed by atoms with Crippen molar-refractivity contribution in [1.82, 2.24) is 7.96 Å². The number of benzene rings is 1. The van der Waals surface area contributed by atoms with Crippen LogP contribution in [0.25, 0.3) is 11.0 Å².